The van der Waals surface area contributed by atoms with Crippen molar-refractivity contribution in [1.29, 1.82) is 0 Å². The van der Waals surface area contributed by atoms with Gasteiger partial charge in [-0.05, 0) is 42.0 Å². The number of nitrogens with one attached hydrogen (secondary N) is 2. The lowest BCUT2D eigenvalue weighted by atomic mass is 10.2. The Hall–Kier alpha value is -4.30. The minimum atomic E-state index is -0.124. The van der Waals surface area contributed by atoms with E-state index in [4.69, 9.17) is 5.73 Å². The minimum absolute atomic E-state index is 0.124. The average Bonchev–Trinajstić information content (AvgIpc) is 3.22. The second kappa shape index (κ2) is 9.05. The largest absolute Gasteiger partial charge is 0.340 e. The first kappa shape index (κ1) is 20.6. The van der Waals surface area contributed by atoms with E-state index in [1.54, 1.807) is 0 Å². The van der Waals surface area contributed by atoms with Gasteiger partial charge in [-0.15, -0.1) is 0 Å². The molecule has 0 aliphatic rings. The van der Waals surface area contributed by atoms with E-state index in [1.807, 2.05) is 59.4 Å². The van der Waals surface area contributed by atoms with Crippen LogP contribution in [-0.2, 0) is 11.3 Å². The third kappa shape index (κ3) is 4.51. The number of nitrogens with zero attached hydrogens (tertiary/aromatic N) is 4. The van der Waals surface area contributed by atoms with E-state index in [2.05, 4.69) is 43.9 Å². The topological polar surface area (TPSA) is 111 Å². The van der Waals surface area contributed by atoms with Gasteiger partial charge in [0.25, 0.3) is 0 Å². The number of nitrogens with two attached hydrogens (primary N) is 1. The Morgan fingerprint density at radius 3 is 2.67 bits per heavy atom. The zero-order valence-electron chi connectivity index (χ0n) is 17.9. The molecule has 0 aliphatic carbocycles. The van der Waals surface area contributed by atoms with Crippen LogP contribution in [0.4, 0.5) is 17.2 Å². The zero-order chi connectivity index (χ0) is 22.6. The van der Waals surface area contributed by atoms with Crippen LogP contribution < -0.4 is 16.4 Å². The van der Waals surface area contributed by atoms with Gasteiger partial charge in [0.2, 0.25) is 5.91 Å². The van der Waals surface area contributed by atoms with E-state index in [9.17, 15) is 4.79 Å². The number of carbonyl (C=O) groups excluding carboxylic acids is 1. The SMILES string of the molecule is NCCC(=O)Nc1ccc2ncnc(Nc3ccc4c(cnn4Cc4ccccc4)c3)c2c1. The van der Waals surface area contributed by atoms with E-state index in [1.165, 1.54) is 11.9 Å². The normalized spacial score (nSPS) is 11.1. The number of anilines is 3. The number of carbonyl (C=O) groups is 1. The molecule has 0 fully saturated rings. The molecular weight excluding hydrogens is 414 g/mol. The molecule has 0 radical (unpaired) electrons. The van der Waals surface area contributed by atoms with Gasteiger partial charge >= 0.3 is 0 Å². The lowest BCUT2D eigenvalue weighted by Crippen LogP contribution is -2.16. The summed E-state index contributed by atoms with van der Waals surface area (Å²) in [6.45, 7) is 1.02. The molecule has 0 unspecified atom stereocenters. The van der Waals surface area contributed by atoms with Gasteiger partial charge in [-0.1, -0.05) is 30.3 Å². The lowest BCUT2D eigenvalue weighted by Gasteiger charge is -2.11. The minimum Gasteiger partial charge on any atom is -0.340 e. The van der Waals surface area contributed by atoms with Crippen LogP contribution in [0.15, 0.2) is 79.3 Å². The van der Waals surface area contributed by atoms with Crippen molar-refractivity contribution in [2.24, 2.45) is 5.73 Å². The summed E-state index contributed by atoms with van der Waals surface area (Å²) in [6.07, 6.45) is 3.66. The summed E-state index contributed by atoms with van der Waals surface area (Å²) in [6, 6.07) is 21.9. The van der Waals surface area contributed by atoms with Crippen molar-refractivity contribution in [3.8, 4) is 0 Å². The van der Waals surface area contributed by atoms with Crippen LogP contribution in [-0.4, -0.2) is 32.2 Å². The molecule has 0 spiro atoms. The highest BCUT2D eigenvalue weighted by Crippen LogP contribution is 2.27. The molecule has 2 aromatic heterocycles. The van der Waals surface area contributed by atoms with E-state index < -0.39 is 0 Å². The molecule has 164 valence electrons. The maximum atomic E-state index is 11.9. The zero-order valence-corrected chi connectivity index (χ0v) is 17.9. The smallest absolute Gasteiger partial charge is 0.225 e. The maximum Gasteiger partial charge on any atom is 0.225 e. The van der Waals surface area contributed by atoms with Crippen LogP contribution in [0.2, 0.25) is 0 Å². The molecule has 5 rings (SSSR count). The maximum absolute atomic E-state index is 11.9. The third-order valence-electron chi connectivity index (χ3n) is 5.37. The summed E-state index contributed by atoms with van der Waals surface area (Å²) in [5.41, 5.74) is 10.1. The summed E-state index contributed by atoms with van der Waals surface area (Å²) in [7, 11) is 0. The van der Waals surface area contributed by atoms with Crippen LogP contribution in [0.25, 0.3) is 21.8 Å². The molecule has 4 N–H and O–H groups in total. The molecule has 3 aromatic carbocycles. The van der Waals surface area contributed by atoms with E-state index in [0.717, 1.165) is 27.5 Å². The molecular formula is C25H23N7O. The lowest BCUT2D eigenvalue weighted by molar-refractivity contribution is -0.116. The van der Waals surface area contributed by atoms with Crippen molar-refractivity contribution in [2.45, 2.75) is 13.0 Å². The Kier molecular flexibility index (Phi) is 5.65. The molecule has 0 saturated carbocycles. The third-order valence-corrected chi connectivity index (χ3v) is 5.37. The number of rotatable bonds is 7. The van der Waals surface area contributed by atoms with E-state index in [0.29, 0.717) is 24.6 Å². The van der Waals surface area contributed by atoms with E-state index in [-0.39, 0.29) is 12.3 Å². The molecule has 2 heterocycles. The van der Waals surface area contributed by atoms with Crippen molar-refractivity contribution in [2.75, 3.05) is 17.2 Å². The Bertz CT molecular complexity index is 1430. The second-order valence-corrected chi connectivity index (χ2v) is 7.73. The highest BCUT2D eigenvalue weighted by atomic mass is 16.1. The quantitative estimate of drug-likeness (QED) is 0.354. The van der Waals surface area contributed by atoms with Crippen LogP contribution in [0, 0.1) is 0 Å². The van der Waals surface area contributed by atoms with Crippen molar-refractivity contribution in [3.63, 3.8) is 0 Å². The highest BCUT2D eigenvalue weighted by molar-refractivity contribution is 5.97. The highest BCUT2D eigenvalue weighted by Gasteiger charge is 2.09. The van der Waals surface area contributed by atoms with Crippen LogP contribution >= 0.6 is 0 Å². The van der Waals surface area contributed by atoms with Gasteiger partial charge in [0.1, 0.15) is 12.1 Å². The molecule has 8 heteroatoms. The monoisotopic (exact) mass is 437 g/mol. The first-order valence-corrected chi connectivity index (χ1v) is 10.7. The standard InChI is InChI=1S/C25H23N7O/c26-11-10-24(33)30-20-6-8-22-21(13-20)25(28-16-27-22)31-19-7-9-23-18(12-19)14-29-32(23)15-17-4-2-1-3-5-17/h1-9,12-14,16H,10-11,15,26H2,(H,30,33)(H,27,28,31). The number of hydrogen-bond acceptors (Lipinski definition) is 6. The molecule has 0 saturated heterocycles. The van der Waals surface area contributed by atoms with Crippen molar-refractivity contribution < 1.29 is 4.79 Å². The first-order chi connectivity index (χ1) is 16.2. The van der Waals surface area contributed by atoms with Gasteiger partial charge in [-0.2, -0.15) is 5.10 Å². The van der Waals surface area contributed by atoms with Gasteiger partial charge < -0.3 is 16.4 Å². The fourth-order valence-corrected chi connectivity index (χ4v) is 3.77. The van der Waals surface area contributed by atoms with Gasteiger partial charge in [-0.25, -0.2) is 9.97 Å². The molecule has 1 amide bonds. The predicted molar refractivity (Wildman–Crippen MR) is 130 cm³/mol. The Morgan fingerprint density at radius 2 is 1.82 bits per heavy atom. The molecule has 33 heavy (non-hydrogen) atoms. The number of amides is 1. The number of aromatic nitrogens is 4. The summed E-state index contributed by atoms with van der Waals surface area (Å²) in [5, 5.41) is 12.6. The van der Waals surface area contributed by atoms with Crippen LogP contribution in [0.1, 0.15) is 12.0 Å². The summed E-state index contributed by atoms with van der Waals surface area (Å²) >= 11 is 0. The molecule has 5 aromatic rings. The average molecular weight is 438 g/mol. The summed E-state index contributed by atoms with van der Waals surface area (Å²) in [5.74, 6) is 0.534. The van der Waals surface area contributed by atoms with Gasteiger partial charge in [0.15, 0.2) is 0 Å². The molecule has 0 atom stereocenters. The number of benzene rings is 3. The van der Waals surface area contributed by atoms with E-state index >= 15 is 0 Å². The van der Waals surface area contributed by atoms with Crippen molar-refractivity contribution >= 4 is 44.9 Å². The fraction of sp³-hybridized carbons (Fsp3) is 0.120. The fourth-order valence-electron chi connectivity index (χ4n) is 3.77. The summed E-state index contributed by atoms with van der Waals surface area (Å²) in [4.78, 5) is 20.7. The van der Waals surface area contributed by atoms with Gasteiger partial charge in [0, 0.05) is 35.1 Å². The van der Waals surface area contributed by atoms with Crippen LogP contribution in [0.5, 0.6) is 0 Å². The Labute approximate surface area is 190 Å². The molecule has 0 aliphatic heterocycles. The predicted octanol–water partition coefficient (Wildman–Crippen LogP) is 4.06. The Balaban J connectivity index is 1.41. The van der Waals surface area contributed by atoms with Crippen molar-refractivity contribution in [1.82, 2.24) is 19.7 Å². The van der Waals surface area contributed by atoms with Crippen molar-refractivity contribution in [3.05, 3.63) is 84.8 Å². The number of hydrogen-bond donors (Lipinski definition) is 3. The van der Waals surface area contributed by atoms with Gasteiger partial charge in [-0.3, -0.25) is 9.48 Å². The Morgan fingerprint density at radius 1 is 0.970 bits per heavy atom. The first-order valence-electron chi connectivity index (χ1n) is 10.7. The van der Waals surface area contributed by atoms with Crippen LogP contribution in [0.3, 0.4) is 0 Å². The summed E-state index contributed by atoms with van der Waals surface area (Å²) < 4.78 is 1.99. The molecule has 8 nitrogen and oxygen atoms in total. The number of fused-ring (bicyclic) bond motifs is 2. The second-order valence-electron chi connectivity index (χ2n) is 7.73. The van der Waals surface area contributed by atoms with Gasteiger partial charge in [0.05, 0.1) is 23.8 Å². The molecule has 0 bridgehead atoms.